The summed E-state index contributed by atoms with van der Waals surface area (Å²) in [5.41, 5.74) is 7.24. The zero-order chi connectivity index (χ0) is 33.8. The maximum Gasteiger partial charge on any atom is 0.339 e. The third-order valence-electron chi connectivity index (χ3n) is 7.56. The van der Waals surface area contributed by atoms with Crippen LogP contribution in [0.2, 0.25) is 5.02 Å². The molecule has 6 aromatic rings. The van der Waals surface area contributed by atoms with Gasteiger partial charge in [-0.15, -0.1) is 11.3 Å². The zero-order valence-corrected chi connectivity index (χ0v) is 29.1. The van der Waals surface area contributed by atoms with Crippen LogP contribution in [-0.2, 0) is 20.9 Å². The quantitative estimate of drug-likeness (QED) is 0.133. The first-order valence-corrected chi connectivity index (χ1v) is 16.9. The van der Waals surface area contributed by atoms with E-state index < -0.39 is 17.7 Å². The van der Waals surface area contributed by atoms with Crippen molar-refractivity contribution in [1.82, 2.24) is 15.0 Å². The number of hydrogen-bond acceptors (Lipinski definition) is 8. The highest BCUT2D eigenvalue weighted by atomic mass is 35.5. The van der Waals surface area contributed by atoms with Gasteiger partial charge in [0.05, 0.1) is 28.1 Å². The van der Waals surface area contributed by atoms with Crippen molar-refractivity contribution in [2.45, 2.75) is 52.9 Å². The molecule has 9 heteroatoms. The third kappa shape index (κ3) is 7.57. The molecule has 0 aliphatic carbocycles. The van der Waals surface area contributed by atoms with Gasteiger partial charge in [0.2, 0.25) is 5.88 Å². The molecule has 244 valence electrons. The minimum atomic E-state index is -0.940. The van der Waals surface area contributed by atoms with E-state index in [1.807, 2.05) is 113 Å². The fourth-order valence-electron chi connectivity index (χ4n) is 5.44. The van der Waals surface area contributed by atoms with Crippen LogP contribution in [0.4, 0.5) is 0 Å². The van der Waals surface area contributed by atoms with Crippen LogP contribution < -0.4 is 4.74 Å². The highest BCUT2D eigenvalue weighted by Crippen LogP contribution is 2.45. The molecule has 0 fully saturated rings. The molecule has 6 rings (SSSR count). The standard InChI is InChI=1S/C39H36ClN3O4S/c1-6-45-38(44)35(47-39(3,4)5)33-24(2)20-31-36(34(33)26-12-15-29(40)16-13-26)48-37(43-31)27-18-19-41-30(21-27)28-14-17-32(42-22-28)46-23-25-10-8-7-9-11-25/h7-22,35H,6,23H2,1-5H3/t35-/m0/s1. The molecule has 0 saturated carbocycles. The van der Waals surface area contributed by atoms with Crippen LogP contribution in [0.1, 0.15) is 50.5 Å². The number of carbonyl (C=O) groups is 1. The average molecular weight is 678 g/mol. The van der Waals surface area contributed by atoms with Crippen molar-refractivity contribution in [3.63, 3.8) is 0 Å². The third-order valence-corrected chi connectivity index (χ3v) is 8.95. The summed E-state index contributed by atoms with van der Waals surface area (Å²) in [6, 6.07) is 27.4. The summed E-state index contributed by atoms with van der Waals surface area (Å²) < 4.78 is 18.8. The van der Waals surface area contributed by atoms with Gasteiger partial charge in [-0.1, -0.05) is 54.1 Å². The number of aromatic nitrogens is 3. The Labute approximate surface area is 289 Å². The molecule has 0 aliphatic rings. The molecule has 48 heavy (non-hydrogen) atoms. The topological polar surface area (TPSA) is 83.4 Å². The SMILES string of the molecule is CCOC(=O)[C@@H](OC(C)(C)C)c1c(C)cc2nc(-c3ccnc(-c4ccc(OCc5ccccc5)nc4)c3)sc2c1-c1ccc(Cl)cc1. The minimum absolute atomic E-state index is 0.244. The van der Waals surface area contributed by atoms with Crippen molar-refractivity contribution < 1.29 is 19.0 Å². The number of esters is 1. The highest BCUT2D eigenvalue weighted by molar-refractivity contribution is 7.22. The monoisotopic (exact) mass is 677 g/mol. The van der Waals surface area contributed by atoms with E-state index in [4.69, 9.17) is 30.8 Å². The van der Waals surface area contributed by atoms with Gasteiger partial charge in [0.1, 0.15) is 11.6 Å². The Hall–Kier alpha value is -4.63. The molecular weight excluding hydrogens is 642 g/mol. The lowest BCUT2D eigenvalue weighted by atomic mass is 9.91. The smallest absolute Gasteiger partial charge is 0.339 e. The number of carbonyl (C=O) groups excluding carboxylic acids is 1. The molecule has 3 heterocycles. The number of fused-ring (bicyclic) bond motifs is 1. The molecule has 0 unspecified atom stereocenters. The van der Waals surface area contributed by atoms with Crippen molar-refractivity contribution in [3.05, 3.63) is 119 Å². The molecule has 0 saturated heterocycles. The normalized spacial score (nSPS) is 12.2. The summed E-state index contributed by atoms with van der Waals surface area (Å²) in [7, 11) is 0. The van der Waals surface area contributed by atoms with E-state index in [1.54, 1.807) is 30.7 Å². The molecular formula is C39H36ClN3O4S. The number of nitrogens with zero attached hydrogens (tertiary/aromatic N) is 3. The van der Waals surface area contributed by atoms with Crippen molar-refractivity contribution in [3.8, 4) is 38.8 Å². The molecule has 3 aromatic heterocycles. The Balaban J connectivity index is 1.40. The molecule has 0 aliphatic heterocycles. The van der Waals surface area contributed by atoms with Gasteiger partial charge in [0.15, 0.2) is 6.10 Å². The minimum Gasteiger partial charge on any atom is -0.473 e. The van der Waals surface area contributed by atoms with Crippen LogP contribution in [0.3, 0.4) is 0 Å². The van der Waals surface area contributed by atoms with Crippen molar-refractivity contribution in [1.29, 1.82) is 0 Å². The van der Waals surface area contributed by atoms with Crippen molar-refractivity contribution >= 4 is 39.1 Å². The number of ether oxygens (including phenoxy) is 3. The second-order valence-electron chi connectivity index (χ2n) is 12.3. The summed E-state index contributed by atoms with van der Waals surface area (Å²) in [5, 5.41) is 1.44. The fraction of sp³-hybridized carbons (Fsp3) is 0.231. The van der Waals surface area contributed by atoms with Gasteiger partial charge in [0.25, 0.3) is 0 Å². The summed E-state index contributed by atoms with van der Waals surface area (Å²) >= 11 is 7.86. The second-order valence-corrected chi connectivity index (χ2v) is 13.7. The van der Waals surface area contributed by atoms with Crippen LogP contribution in [0, 0.1) is 6.92 Å². The van der Waals surface area contributed by atoms with Gasteiger partial charge >= 0.3 is 5.97 Å². The lowest BCUT2D eigenvalue weighted by molar-refractivity contribution is -0.166. The van der Waals surface area contributed by atoms with Crippen LogP contribution >= 0.6 is 22.9 Å². The summed E-state index contributed by atoms with van der Waals surface area (Å²) in [5.74, 6) is 0.112. The summed E-state index contributed by atoms with van der Waals surface area (Å²) in [6.07, 6.45) is 2.61. The van der Waals surface area contributed by atoms with E-state index in [9.17, 15) is 4.79 Å². The van der Waals surface area contributed by atoms with Gasteiger partial charge in [-0.05, 0) is 87.7 Å². The molecule has 0 amide bonds. The predicted molar refractivity (Wildman–Crippen MR) is 192 cm³/mol. The maximum atomic E-state index is 13.5. The molecule has 1 atom stereocenters. The maximum absolute atomic E-state index is 13.5. The molecule has 0 spiro atoms. The van der Waals surface area contributed by atoms with Crippen molar-refractivity contribution in [2.75, 3.05) is 6.61 Å². The van der Waals surface area contributed by atoms with E-state index in [1.165, 1.54) is 0 Å². The van der Waals surface area contributed by atoms with Gasteiger partial charge < -0.3 is 14.2 Å². The van der Waals surface area contributed by atoms with E-state index in [2.05, 4.69) is 9.97 Å². The number of aryl methyl sites for hydroxylation is 1. The Morgan fingerprint density at radius 1 is 0.917 bits per heavy atom. The molecule has 0 radical (unpaired) electrons. The fourth-order valence-corrected chi connectivity index (χ4v) is 6.69. The molecule has 0 N–H and O–H groups in total. The van der Waals surface area contributed by atoms with Crippen molar-refractivity contribution in [2.24, 2.45) is 0 Å². The lowest BCUT2D eigenvalue weighted by Gasteiger charge is -2.29. The Morgan fingerprint density at radius 2 is 1.67 bits per heavy atom. The van der Waals surface area contributed by atoms with Crippen LogP contribution in [-0.4, -0.2) is 33.1 Å². The van der Waals surface area contributed by atoms with E-state index in [-0.39, 0.29) is 6.61 Å². The lowest BCUT2D eigenvalue weighted by Crippen LogP contribution is -2.29. The highest BCUT2D eigenvalue weighted by Gasteiger charge is 2.33. The number of benzene rings is 3. The first kappa shape index (κ1) is 33.3. The number of pyridine rings is 2. The van der Waals surface area contributed by atoms with E-state index in [0.29, 0.717) is 17.5 Å². The Morgan fingerprint density at radius 3 is 2.35 bits per heavy atom. The summed E-state index contributed by atoms with van der Waals surface area (Å²) in [6.45, 7) is 10.3. The second kappa shape index (κ2) is 14.2. The Bertz CT molecular complexity index is 2040. The van der Waals surface area contributed by atoms with Gasteiger partial charge in [0, 0.05) is 45.7 Å². The van der Waals surface area contributed by atoms with Gasteiger partial charge in [-0.3, -0.25) is 4.98 Å². The molecule has 7 nitrogen and oxygen atoms in total. The first-order valence-electron chi connectivity index (χ1n) is 15.7. The Kier molecular flexibility index (Phi) is 9.87. The zero-order valence-electron chi connectivity index (χ0n) is 27.5. The van der Waals surface area contributed by atoms with Gasteiger partial charge in [-0.2, -0.15) is 0 Å². The molecule has 0 bridgehead atoms. The summed E-state index contributed by atoms with van der Waals surface area (Å²) in [4.78, 5) is 27.7. The molecule has 3 aromatic carbocycles. The van der Waals surface area contributed by atoms with E-state index >= 15 is 0 Å². The number of rotatable bonds is 10. The average Bonchev–Trinajstić information content (AvgIpc) is 3.50. The van der Waals surface area contributed by atoms with Crippen LogP contribution in [0.5, 0.6) is 5.88 Å². The van der Waals surface area contributed by atoms with Crippen LogP contribution in [0.25, 0.3) is 43.2 Å². The number of hydrogen-bond donors (Lipinski definition) is 0. The number of halogens is 1. The number of thiazole rings is 1. The first-order chi connectivity index (χ1) is 23.1. The van der Waals surface area contributed by atoms with E-state index in [0.717, 1.165) is 59.9 Å². The largest absolute Gasteiger partial charge is 0.473 e. The van der Waals surface area contributed by atoms with Gasteiger partial charge in [-0.25, -0.2) is 14.8 Å². The van der Waals surface area contributed by atoms with Crippen LogP contribution in [0.15, 0.2) is 97.3 Å². The predicted octanol–water partition coefficient (Wildman–Crippen LogP) is 10.0.